The number of rotatable bonds is 5. The van der Waals surface area contributed by atoms with Crippen molar-refractivity contribution >= 4 is 11.7 Å². The number of benzene rings is 1. The standard InChI is InChI=1S/C19H17N7O/c1-13-14(2)26(10-15-6-4-3-5-7-15)19(16(13)8-20)23-18(27)11-25-12-22-17(9-21)24-25/h3-7,12H,10-11H2,1-2H3,(H,23,27). The van der Waals surface area contributed by atoms with Gasteiger partial charge < -0.3 is 9.88 Å². The molecule has 0 bridgehead atoms. The van der Waals surface area contributed by atoms with Crippen LogP contribution in [0.2, 0.25) is 0 Å². The Bertz CT molecular complexity index is 1060. The maximum Gasteiger partial charge on any atom is 0.252 e. The predicted octanol–water partition coefficient (Wildman–Crippen LogP) is 2.13. The van der Waals surface area contributed by atoms with Gasteiger partial charge in [-0.2, -0.15) is 10.5 Å². The smallest absolute Gasteiger partial charge is 0.252 e. The lowest BCUT2D eigenvalue weighted by Gasteiger charge is -2.13. The molecule has 0 fully saturated rings. The Kier molecular flexibility index (Phi) is 5.00. The monoisotopic (exact) mass is 359 g/mol. The molecule has 2 aromatic heterocycles. The molecule has 3 aromatic rings. The lowest BCUT2D eigenvalue weighted by Crippen LogP contribution is -2.22. The first-order valence-corrected chi connectivity index (χ1v) is 8.26. The molecule has 0 aliphatic carbocycles. The summed E-state index contributed by atoms with van der Waals surface area (Å²) in [7, 11) is 0. The zero-order valence-electron chi connectivity index (χ0n) is 15.0. The summed E-state index contributed by atoms with van der Waals surface area (Å²) < 4.78 is 3.20. The van der Waals surface area contributed by atoms with E-state index in [4.69, 9.17) is 5.26 Å². The molecular weight excluding hydrogens is 342 g/mol. The van der Waals surface area contributed by atoms with Gasteiger partial charge in [-0.3, -0.25) is 4.79 Å². The van der Waals surface area contributed by atoms with Crippen LogP contribution in [0.25, 0.3) is 0 Å². The molecule has 0 radical (unpaired) electrons. The van der Waals surface area contributed by atoms with Gasteiger partial charge in [-0.05, 0) is 25.0 Å². The fourth-order valence-corrected chi connectivity index (χ4v) is 2.83. The zero-order chi connectivity index (χ0) is 19.4. The van der Waals surface area contributed by atoms with E-state index in [0.717, 1.165) is 16.8 Å². The quantitative estimate of drug-likeness (QED) is 0.750. The number of carbonyl (C=O) groups is 1. The van der Waals surface area contributed by atoms with Crippen LogP contribution < -0.4 is 5.32 Å². The van der Waals surface area contributed by atoms with Crippen LogP contribution in [0.5, 0.6) is 0 Å². The van der Waals surface area contributed by atoms with Gasteiger partial charge in [0, 0.05) is 12.2 Å². The Morgan fingerprint density at radius 2 is 1.93 bits per heavy atom. The summed E-state index contributed by atoms with van der Waals surface area (Å²) >= 11 is 0. The molecule has 1 aromatic carbocycles. The van der Waals surface area contributed by atoms with Gasteiger partial charge in [0.2, 0.25) is 5.91 Å². The largest absolute Gasteiger partial charge is 0.326 e. The average Bonchev–Trinajstić information content (AvgIpc) is 3.21. The van der Waals surface area contributed by atoms with E-state index >= 15 is 0 Å². The highest BCUT2D eigenvalue weighted by Crippen LogP contribution is 2.27. The molecule has 1 amide bonds. The number of hydrogen-bond acceptors (Lipinski definition) is 5. The Morgan fingerprint density at radius 3 is 2.56 bits per heavy atom. The summed E-state index contributed by atoms with van der Waals surface area (Å²) in [5, 5.41) is 25.0. The van der Waals surface area contributed by atoms with Crippen LogP contribution in [0, 0.1) is 36.5 Å². The lowest BCUT2D eigenvalue weighted by atomic mass is 10.2. The van der Waals surface area contributed by atoms with Gasteiger partial charge in [0.1, 0.15) is 30.8 Å². The van der Waals surface area contributed by atoms with E-state index in [0.29, 0.717) is 17.9 Å². The number of nitrogens with one attached hydrogen (secondary N) is 1. The van der Waals surface area contributed by atoms with Crippen LogP contribution in [-0.4, -0.2) is 25.2 Å². The summed E-state index contributed by atoms with van der Waals surface area (Å²) in [6, 6.07) is 13.8. The second-order valence-corrected chi connectivity index (χ2v) is 6.04. The topological polar surface area (TPSA) is 112 Å². The lowest BCUT2D eigenvalue weighted by molar-refractivity contribution is -0.116. The summed E-state index contributed by atoms with van der Waals surface area (Å²) in [5.74, 6) is 0.106. The average molecular weight is 359 g/mol. The van der Waals surface area contributed by atoms with E-state index in [1.54, 1.807) is 0 Å². The van der Waals surface area contributed by atoms with Crippen molar-refractivity contribution in [3.05, 3.63) is 64.9 Å². The first-order chi connectivity index (χ1) is 13.0. The number of aromatic nitrogens is 4. The van der Waals surface area contributed by atoms with Crippen molar-refractivity contribution in [1.82, 2.24) is 19.3 Å². The maximum atomic E-state index is 12.5. The van der Waals surface area contributed by atoms with Crippen molar-refractivity contribution in [3.8, 4) is 12.1 Å². The van der Waals surface area contributed by atoms with Crippen molar-refractivity contribution in [3.63, 3.8) is 0 Å². The Morgan fingerprint density at radius 1 is 1.19 bits per heavy atom. The summed E-state index contributed by atoms with van der Waals surface area (Å²) in [4.78, 5) is 16.2. The minimum Gasteiger partial charge on any atom is -0.326 e. The van der Waals surface area contributed by atoms with Crippen LogP contribution in [0.4, 0.5) is 5.82 Å². The third-order valence-electron chi connectivity index (χ3n) is 4.32. The molecule has 0 atom stereocenters. The Hall–Kier alpha value is -3.91. The molecule has 0 aliphatic heterocycles. The molecule has 8 nitrogen and oxygen atoms in total. The van der Waals surface area contributed by atoms with Gasteiger partial charge in [0.05, 0.1) is 5.56 Å². The Labute approximate surface area is 156 Å². The fourth-order valence-electron chi connectivity index (χ4n) is 2.83. The van der Waals surface area contributed by atoms with Crippen molar-refractivity contribution in [2.75, 3.05) is 5.32 Å². The Balaban J connectivity index is 1.89. The first-order valence-electron chi connectivity index (χ1n) is 8.26. The second-order valence-electron chi connectivity index (χ2n) is 6.04. The van der Waals surface area contributed by atoms with Gasteiger partial charge in [0.25, 0.3) is 5.82 Å². The van der Waals surface area contributed by atoms with E-state index in [1.165, 1.54) is 11.0 Å². The van der Waals surface area contributed by atoms with Crippen molar-refractivity contribution in [1.29, 1.82) is 10.5 Å². The number of anilines is 1. The molecule has 8 heteroatoms. The normalized spacial score (nSPS) is 10.2. The summed E-state index contributed by atoms with van der Waals surface area (Å²) in [5.41, 5.74) is 3.24. The molecule has 0 aliphatic rings. The van der Waals surface area contributed by atoms with Crippen molar-refractivity contribution in [2.45, 2.75) is 26.9 Å². The van der Waals surface area contributed by atoms with Crippen LogP contribution in [0.1, 0.15) is 28.2 Å². The van der Waals surface area contributed by atoms with Crippen LogP contribution in [0.15, 0.2) is 36.7 Å². The molecule has 0 saturated carbocycles. The van der Waals surface area contributed by atoms with E-state index in [2.05, 4.69) is 21.5 Å². The molecule has 134 valence electrons. The van der Waals surface area contributed by atoms with Crippen molar-refractivity contribution < 1.29 is 4.79 Å². The molecule has 2 heterocycles. The summed E-state index contributed by atoms with van der Waals surface area (Å²) in [6.45, 7) is 4.22. The van der Waals surface area contributed by atoms with Crippen LogP contribution in [-0.2, 0) is 17.9 Å². The number of nitrogens with zero attached hydrogens (tertiary/aromatic N) is 6. The maximum absolute atomic E-state index is 12.5. The third kappa shape index (κ3) is 3.70. The summed E-state index contributed by atoms with van der Waals surface area (Å²) in [6.07, 6.45) is 1.32. The molecular formula is C19H17N7O. The van der Waals surface area contributed by atoms with E-state index in [1.807, 2.05) is 54.8 Å². The number of nitriles is 2. The van der Waals surface area contributed by atoms with Gasteiger partial charge >= 0.3 is 0 Å². The number of hydrogen-bond donors (Lipinski definition) is 1. The highest BCUT2D eigenvalue weighted by Gasteiger charge is 2.20. The van der Waals surface area contributed by atoms with Gasteiger partial charge in [-0.15, -0.1) is 5.10 Å². The van der Waals surface area contributed by atoms with E-state index < -0.39 is 0 Å². The number of amides is 1. The molecule has 0 spiro atoms. The van der Waals surface area contributed by atoms with Crippen LogP contribution in [0.3, 0.4) is 0 Å². The highest BCUT2D eigenvalue weighted by molar-refractivity contribution is 5.91. The number of carbonyl (C=O) groups excluding carboxylic acids is 1. The molecule has 0 saturated heterocycles. The molecule has 1 N–H and O–H groups in total. The zero-order valence-corrected chi connectivity index (χ0v) is 15.0. The fraction of sp³-hybridized carbons (Fsp3) is 0.211. The minimum absolute atomic E-state index is 0.000319. The van der Waals surface area contributed by atoms with Gasteiger partial charge in [0.15, 0.2) is 0 Å². The third-order valence-corrected chi connectivity index (χ3v) is 4.32. The van der Waals surface area contributed by atoms with Gasteiger partial charge in [-0.1, -0.05) is 30.3 Å². The second kappa shape index (κ2) is 7.54. The highest BCUT2D eigenvalue weighted by atomic mass is 16.2. The predicted molar refractivity (Wildman–Crippen MR) is 97.5 cm³/mol. The van der Waals surface area contributed by atoms with Crippen LogP contribution >= 0.6 is 0 Å². The first kappa shape index (κ1) is 17.9. The van der Waals surface area contributed by atoms with E-state index in [9.17, 15) is 10.1 Å². The van der Waals surface area contributed by atoms with Crippen molar-refractivity contribution in [2.24, 2.45) is 0 Å². The molecule has 27 heavy (non-hydrogen) atoms. The minimum atomic E-state index is -0.354. The molecule has 0 unspecified atom stereocenters. The van der Waals surface area contributed by atoms with E-state index in [-0.39, 0.29) is 18.3 Å². The molecule has 3 rings (SSSR count). The SMILES string of the molecule is Cc1c(C#N)c(NC(=O)Cn2cnc(C#N)n2)n(Cc2ccccc2)c1C. The van der Waals surface area contributed by atoms with Gasteiger partial charge in [-0.25, -0.2) is 9.67 Å².